The minimum absolute atomic E-state index is 0.0316. The van der Waals surface area contributed by atoms with Crippen LogP contribution >= 0.6 is 0 Å². The van der Waals surface area contributed by atoms with Crippen LogP contribution in [0.2, 0.25) is 0 Å². The van der Waals surface area contributed by atoms with Gasteiger partial charge < -0.3 is 26.2 Å². The largest absolute Gasteiger partial charge is 0.480 e. The number of carbonyl (C=O) groups excluding carboxylic acids is 1. The van der Waals surface area contributed by atoms with Crippen molar-refractivity contribution in [2.24, 2.45) is 5.73 Å². The Bertz CT molecular complexity index is 1030. The average Bonchev–Trinajstić information content (AvgIpc) is 2.86. The molecule has 3 rings (SSSR count). The van der Waals surface area contributed by atoms with Crippen molar-refractivity contribution in [3.05, 3.63) is 108 Å². The number of aliphatic carboxylic acids is 3. The molecule has 9 nitrogen and oxygen atoms in total. The van der Waals surface area contributed by atoms with Gasteiger partial charge in [0.25, 0.3) is 0 Å². The summed E-state index contributed by atoms with van der Waals surface area (Å²) in [5, 5.41) is 34.2. The van der Waals surface area contributed by atoms with Gasteiger partial charge in [0.1, 0.15) is 6.04 Å². The van der Waals surface area contributed by atoms with Gasteiger partial charge in [0.15, 0.2) is 6.10 Å². The van der Waals surface area contributed by atoms with Crippen LogP contribution < -0.4 is 5.73 Å². The van der Waals surface area contributed by atoms with Crippen LogP contribution in [0.3, 0.4) is 0 Å². The zero-order valence-electron chi connectivity index (χ0n) is 19.4. The standard InChI is InChI=1S/C9H11NO2.C9H10O3.C9H8O3/c3*10-8(9(11)12)6-7-4-2-1-3-5-7/h1-5,8H,6,10H2,(H,11,12);1-5,8,10H,6H2,(H,11,12);1-5H,6H2,(H,11,12)/t8-;;/m0../s1. The molecule has 1 unspecified atom stereocenters. The molecule has 0 aliphatic rings. The molecule has 0 spiro atoms. The summed E-state index contributed by atoms with van der Waals surface area (Å²) in [5.74, 6) is -4.29. The van der Waals surface area contributed by atoms with E-state index in [0.29, 0.717) is 6.42 Å². The van der Waals surface area contributed by atoms with Crippen LogP contribution in [-0.2, 0) is 38.4 Å². The first-order valence-electron chi connectivity index (χ1n) is 10.9. The van der Waals surface area contributed by atoms with Crippen LogP contribution in [0.25, 0.3) is 0 Å². The molecule has 0 saturated carbocycles. The van der Waals surface area contributed by atoms with Crippen molar-refractivity contribution in [1.29, 1.82) is 0 Å². The molecule has 0 amide bonds. The number of nitrogens with two attached hydrogens (primary N) is 1. The van der Waals surface area contributed by atoms with E-state index in [1.165, 1.54) is 0 Å². The number of aliphatic hydroxyl groups is 1. The molecule has 3 aromatic rings. The summed E-state index contributed by atoms with van der Waals surface area (Å²) in [5.41, 5.74) is 7.85. The number of rotatable bonds is 9. The zero-order valence-corrected chi connectivity index (χ0v) is 19.4. The van der Waals surface area contributed by atoms with Crippen LogP contribution in [-0.4, -0.2) is 56.3 Å². The molecule has 0 aromatic heterocycles. The first-order valence-corrected chi connectivity index (χ1v) is 10.9. The molecule has 0 aliphatic heterocycles. The summed E-state index contributed by atoms with van der Waals surface area (Å²) in [7, 11) is 0. The van der Waals surface area contributed by atoms with Crippen molar-refractivity contribution >= 4 is 23.7 Å². The number of carboxylic acids is 3. The Labute approximate surface area is 208 Å². The van der Waals surface area contributed by atoms with Crippen LogP contribution in [0.1, 0.15) is 16.7 Å². The number of hydrogen-bond acceptors (Lipinski definition) is 6. The molecule has 36 heavy (non-hydrogen) atoms. The van der Waals surface area contributed by atoms with Gasteiger partial charge >= 0.3 is 17.9 Å². The van der Waals surface area contributed by atoms with E-state index in [4.69, 9.17) is 26.2 Å². The van der Waals surface area contributed by atoms with E-state index in [1.807, 2.05) is 54.6 Å². The predicted molar refractivity (Wildman–Crippen MR) is 132 cm³/mol. The Morgan fingerprint density at radius 1 is 0.611 bits per heavy atom. The number of carboxylic acid groups (broad SMARTS) is 3. The highest BCUT2D eigenvalue weighted by molar-refractivity contribution is 6.33. The minimum Gasteiger partial charge on any atom is -0.480 e. The average molecular weight is 496 g/mol. The van der Waals surface area contributed by atoms with Crippen LogP contribution in [0, 0.1) is 0 Å². The maximum Gasteiger partial charge on any atom is 0.372 e. The molecule has 9 heteroatoms. The van der Waals surface area contributed by atoms with Gasteiger partial charge in [-0.1, -0.05) is 91.0 Å². The van der Waals surface area contributed by atoms with Gasteiger partial charge in [-0.15, -0.1) is 0 Å². The SMILES string of the molecule is N[C@@H](Cc1ccccc1)C(=O)O.O=C(O)C(=O)Cc1ccccc1.O=C(O)C(O)Cc1ccccc1. The first kappa shape index (κ1) is 29.7. The quantitative estimate of drug-likeness (QED) is 0.279. The summed E-state index contributed by atoms with van der Waals surface area (Å²) >= 11 is 0. The Morgan fingerprint density at radius 2 is 1.00 bits per heavy atom. The van der Waals surface area contributed by atoms with E-state index >= 15 is 0 Å². The maximum absolute atomic E-state index is 10.7. The lowest BCUT2D eigenvalue weighted by Gasteiger charge is -2.04. The third-order valence-corrected chi connectivity index (χ3v) is 4.62. The Balaban J connectivity index is 0.000000270. The van der Waals surface area contributed by atoms with Gasteiger partial charge in [0.05, 0.1) is 0 Å². The highest BCUT2D eigenvalue weighted by atomic mass is 16.4. The number of aliphatic hydroxyl groups excluding tert-OH is 1. The van der Waals surface area contributed by atoms with Crippen molar-refractivity contribution in [1.82, 2.24) is 0 Å². The molecule has 0 saturated heterocycles. The molecular formula is C27H29NO8. The van der Waals surface area contributed by atoms with Crippen molar-refractivity contribution in [2.75, 3.05) is 0 Å². The molecule has 0 aliphatic carbocycles. The number of ketones is 1. The second kappa shape index (κ2) is 16.3. The molecule has 0 radical (unpaired) electrons. The second-order valence-electron chi connectivity index (χ2n) is 7.57. The summed E-state index contributed by atoms with van der Waals surface area (Å²) in [6.07, 6.45) is -0.782. The molecule has 2 atom stereocenters. The third-order valence-electron chi connectivity index (χ3n) is 4.62. The van der Waals surface area contributed by atoms with E-state index in [-0.39, 0.29) is 12.8 Å². The Hall–Kier alpha value is -4.34. The lowest BCUT2D eigenvalue weighted by Crippen LogP contribution is -2.32. The van der Waals surface area contributed by atoms with E-state index < -0.39 is 35.8 Å². The fraction of sp³-hybridized carbons (Fsp3) is 0.185. The van der Waals surface area contributed by atoms with Gasteiger partial charge in [-0.05, 0) is 23.1 Å². The molecule has 0 heterocycles. The number of hydrogen-bond donors (Lipinski definition) is 5. The topological polar surface area (TPSA) is 175 Å². The third kappa shape index (κ3) is 12.8. The fourth-order valence-electron chi connectivity index (χ4n) is 2.74. The van der Waals surface area contributed by atoms with Crippen LogP contribution in [0.4, 0.5) is 0 Å². The van der Waals surface area contributed by atoms with Gasteiger partial charge in [-0.3, -0.25) is 9.59 Å². The normalized spacial score (nSPS) is 11.4. The van der Waals surface area contributed by atoms with Crippen LogP contribution in [0.5, 0.6) is 0 Å². The summed E-state index contributed by atoms with van der Waals surface area (Å²) in [6.45, 7) is 0. The zero-order chi connectivity index (χ0) is 26.9. The smallest absolute Gasteiger partial charge is 0.372 e. The summed E-state index contributed by atoms with van der Waals surface area (Å²) in [6, 6.07) is 26.4. The lowest BCUT2D eigenvalue weighted by molar-refractivity contribution is -0.148. The van der Waals surface area contributed by atoms with E-state index in [2.05, 4.69) is 0 Å². The number of carbonyl (C=O) groups is 4. The minimum atomic E-state index is -1.38. The molecule has 3 aromatic carbocycles. The van der Waals surface area contributed by atoms with E-state index in [9.17, 15) is 19.2 Å². The highest BCUT2D eigenvalue weighted by Gasteiger charge is 2.13. The molecular weight excluding hydrogens is 466 g/mol. The van der Waals surface area contributed by atoms with E-state index in [0.717, 1.165) is 16.7 Å². The number of Topliss-reactive ketones (excluding diaryl/α,β-unsaturated/α-hetero) is 1. The number of benzene rings is 3. The second-order valence-corrected chi connectivity index (χ2v) is 7.57. The molecule has 6 N–H and O–H groups in total. The predicted octanol–water partition coefficient (Wildman–Crippen LogP) is 2.20. The van der Waals surface area contributed by atoms with E-state index in [1.54, 1.807) is 36.4 Å². The fourth-order valence-corrected chi connectivity index (χ4v) is 2.74. The van der Waals surface area contributed by atoms with Crippen molar-refractivity contribution in [3.8, 4) is 0 Å². The first-order chi connectivity index (χ1) is 17.1. The lowest BCUT2D eigenvalue weighted by atomic mass is 10.1. The molecule has 190 valence electrons. The van der Waals surface area contributed by atoms with Gasteiger partial charge in [0, 0.05) is 12.8 Å². The summed E-state index contributed by atoms with van der Waals surface area (Å²) < 4.78 is 0. The Kier molecular flexibility index (Phi) is 13.5. The van der Waals surface area contributed by atoms with Gasteiger partial charge in [-0.2, -0.15) is 0 Å². The van der Waals surface area contributed by atoms with Gasteiger partial charge in [0.2, 0.25) is 5.78 Å². The Morgan fingerprint density at radius 3 is 1.36 bits per heavy atom. The molecule has 0 fully saturated rings. The van der Waals surface area contributed by atoms with Crippen molar-refractivity contribution < 1.29 is 39.6 Å². The van der Waals surface area contributed by atoms with Crippen molar-refractivity contribution in [3.63, 3.8) is 0 Å². The van der Waals surface area contributed by atoms with Crippen molar-refractivity contribution in [2.45, 2.75) is 31.4 Å². The summed E-state index contributed by atoms with van der Waals surface area (Å²) in [4.78, 5) is 41.5. The molecule has 0 bridgehead atoms. The van der Waals surface area contributed by atoms with Gasteiger partial charge in [-0.25, -0.2) is 9.59 Å². The maximum atomic E-state index is 10.7. The van der Waals surface area contributed by atoms with Crippen LogP contribution in [0.15, 0.2) is 91.0 Å². The highest BCUT2D eigenvalue weighted by Crippen LogP contribution is 2.03. The monoisotopic (exact) mass is 495 g/mol.